The fourth-order valence-electron chi connectivity index (χ4n) is 5.70. The minimum absolute atomic E-state index is 0.00162. The van der Waals surface area contributed by atoms with Crippen LogP contribution in [-0.4, -0.2) is 50.6 Å². The summed E-state index contributed by atoms with van der Waals surface area (Å²) < 4.78 is 22.0. The van der Waals surface area contributed by atoms with Crippen LogP contribution in [0.2, 0.25) is 0 Å². The van der Waals surface area contributed by atoms with E-state index in [0.29, 0.717) is 41.5 Å². The number of carbonyl (C=O) groups excluding carboxylic acids is 2. The van der Waals surface area contributed by atoms with E-state index in [4.69, 9.17) is 9.72 Å². The highest BCUT2D eigenvalue weighted by Crippen LogP contribution is 2.49. The molecule has 2 saturated carbocycles. The summed E-state index contributed by atoms with van der Waals surface area (Å²) in [6.45, 7) is 5.01. The van der Waals surface area contributed by atoms with E-state index in [9.17, 15) is 9.59 Å². The molecule has 0 N–H and O–H groups in total. The summed E-state index contributed by atoms with van der Waals surface area (Å²) in [7, 11) is 0. The van der Waals surface area contributed by atoms with Gasteiger partial charge in [-0.2, -0.15) is 5.10 Å². The standard InChI is InChI=1S/C29H33FN4O3/c1-3-37-29(36)23-14-21(23)19-10-11-20(24(30)13-19)26-16-34-27(31-26)22(18-8-9-18)15-25(32-34)28(35)33-12-6-4-5-7-17(33)2/h10-11,13,15-18,21,23H,3-9,12,14H2,1-2H3/t17-,21-,23+/m1/s1. The number of rotatable bonds is 6. The van der Waals surface area contributed by atoms with Crippen molar-refractivity contribution < 1.29 is 18.7 Å². The molecule has 3 atom stereocenters. The maximum Gasteiger partial charge on any atom is 0.309 e. The predicted octanol–water partition coefficient (Wildman–Crippen LogP) is 5.48. The highest BCUT2D eigenvalue weighted by Gasteiger charge is 2.45. The number of likely N-dealkylation sites (tertiary alicyclic amines) is 1. The Kier molecular flexibility index (Phi) is 6.21. The summed E-state index contributed by atoms with van der Waals surface area (Å²) in [5, 5.41) is 4.65. The van der Waals surface area contributed by atoms with Crippen molar-refractivity contribution in [1.29, 1.82) is 0 Å². The van der Waals surface area contributed by atoms with Crippen molar-refractivity contribution in [2.24, 2.45) is 5.92 Å². The first-order chi connectivity index (χ1) is 17.9. The lowest BCUT2D eigenvalue weighted by molar-refractivity contribution is -0.144. The first-order valence-electron chi connectivity index (χ1n) is 13.6. The molecular formula is C29H33FN4O3. The zero-order valence-electron chi connectivity index (χ0n) is 21.5. The zero-order valence-corrected chi connectivity index (χ0v) is 21.5. The third-order valence-corrected chi connectivity index (χ3v) is 8.08. The first-order valence-corrected chi connectivity index (χ1v) is 13.6. The molecule has 0 bridgehead atoms. The Hall–Kier alpha value is -3.29. The molecule has 1 amide bonds. The monoisotopic (exact) mass is 504 g/mol. The van der Waals surface area contributed by atoms with Gasteiger partial charge in [0, 0.05) is 23.7 Å². The number of fused-ring (bicyclic) bond motifs is 1. The lowest BCUT2D eigenvalue weighted by Crippen LogP contribution is -2.39. The second kappa shape index (κ2) is 9.54. The minimum Gasteiger partial charge on any atom is -0.466 e. The summed E-state index contributed by atoms with van der Waals surface area (Å²) in [4.78, 5) is 32.2. The topological polar surface area (TPSA) is 76.8 Å². The fourth-order valence-corrected chi connectivity index (χ4v) is 5.70. The average Bonchev–Trinajstić information content (AvgIpc) is 3.80. The molecule has 0 spiro atoms. The van der Waals surface area contributed by atoms with Crippen molar-refractivity contribution in [3.63, 3.8) is 0 Å². The van der Waals surface area contributed by atoms with E-state index < -0.39 is 0 Å². The second-order valence-electron chi connectivity index (χ2n) is 10.8. The molecule has 2 aromatic heterocycles. The van der Waals surface area contributed by atoms with Gasteiger partial charge < -0.3 is 9.64 Å². The molecule has 7 nitrogen and oxygen atoms in total. The number of amides is 1. The van der Waals surface area contributed by atoms with Crippen LogP contribution >= 0.6 is 0 Å². The highest BCUT2D eigenvalue weighted by atomic mass is 19.1. The maximum absolute atomic E-state index is 15.3. The van der Waals surface area contributed by atoms with Gasteiger partial charge in [-0.1, -0.05) is 18.9 Å². The predicted molar refractivity (Wildman–Crippen MR) is 137 cm³/mol. The number of benzene rings is 1. The van der Waals surface area contributed by atoms with Gasteiger partial charge in [-0.05, 0) is 81.5 Å². The molecule has 1 aliphatic heterocycles. The smallest absolute Gasteiger partial charge is 0.309 e. The molecule has 6 rings (SSSR count). The summed E-state index contributed by atoms with van der Waals surface area (Å²) in [5.74, 6) is -0.454. The molecule has 0 radical (unpaired) electrons. The van der Waals surface area contributed by atoms with E-state index in [0.717, 1.165) is 56.2 Å². The summed E-state index contributed by atoms with van der Waals surface area (Å²) >= 11 is 0. The summed E-state index contributed by atoms with van der Waals surface area (Å²) in [5.41, 5.74) is 3.81. The molecular weight excluding hydrogens is 471 g/mol. The first kappa shape index (κ1) is 24.1. The van der Waals surface area contributed by atoms with Gasteiger partial charge in [-0.25, -0.2) is 13.9 Å². The molecule has 8 heteroatoms. The van der Waals surface area contributed by atoms with Crippen LogP contribution in [-0.2, 0) is 9.53 Å². The van der Waals surface area contributed by atoms with Gasteiger partial charge in [-0.15, -0.1) is 0 Å². The number of esters is 1. The summed E-state index contributed by atoms with van der Waals surface area (Å²) in [6.07, 6.45) is 8.84. The van der Waals surface area contributed by atoms with E-state index in [1.165, 1.54) is 6.07 Å². The molecule has 3 aliphatic rings. The van der Waals surface area contributed by atoms with Gasteiger partial charge >= 0.3 is 5.97 Å². The quantitative estimate of drug-likeness (QED) is 0.415. The van der Waals surface area contributed by atoms with Gasteiger partial charge in [0.1, 0.15) is 11.5 Å². The number of imidazole rings is 1. The number of ether oxygens (including phenoxy) is 1. The lowest BCUT2D eigenvalue weighted by Gasteiger charge is -2.26. The molecule has 0 unspecified atom stereocenters. The number of carbonyl (C=O) groups is 2. The number of hydrogen-bond acceptors (Lipinski definition) is 5. The number of halogens is 1. The Morgan fingerprint density at radius 2 is 1.97 bits per heavy atom. The Labute approximate surface area is 216 Å². The fraction of sp³-hybridized carbons (Fsp3) is 0.517. The van der Waals surface area contributed by atoms with E-state index in [1.54, 1.807) is 23.7 Å². The van der Waals surface area contributed by atoms with Crippen LogP contribution in [0.15, 0.2) is 30.5 Å². The number of nitrogens with zero attached hydrogens (tertiary/aromatic N) is 4. The Morgan fingerprint density at radius 3 is 2.73 bits per heavy atom. The molecule has 2 aliphatic carbocycles. The maximum atomic E-state index is 15.3. The van der Waals surface area contributed by atoms with E-state index in [-0.39, 0.29) is 35.6 Å². The lowest BCUT2D eigenvalue weighted by atomic mass is 10.0. The normalized spacial score (nSPS) is 23.6. The van der Waals surface area contributed by atoms with Crippen LogP contribution in [0, 0.1) is 11.7 Å². The second-order valence-corrected chi connectivity index (χ2v) is 10.8. The Bertz CT molecular complexity index is 1360. The SMILES string of the molecule is CCOC(=O)[C@H]1C[C@@H]1c1ccc(-c2cn3nc(C(=O)N4CCCCC[C@H]4C)cc(C4CC4)c3n2)c(F)c1. The Balaban J connectivity index is 1.31. The van der Waals surface area contributed by atoms with E-state index in [1.807, 2.05) is 17.0 Å². The van der Waals surface area contributed by atoms with Crippen LogP contribution in [0.4, 0.5) is 4.39 Å². The Morgan fingerprint density at radius 1 is 1.14 bits per heavy atom. The number of hydrogen-bond donors (Lipinski definition) is 0. The van der Waals surface area contributed by atoms with Crippen LogP contribution < -0.4 is 0 Å². The zero-order chi connectivity index (χ0) is 25.7. The van der Waals surface area contributed by atoms with Crippen molar-refractivity contribution in [3.8, 4) is 11.3 Å². The van der Waals surface area contributed by atoms with E-state index >= 15 is 4.39 Å². The van der Waals surface area contributed by atoms with E-state index in [2.05, 4.69) is 12.0 Å². The van der Waals surface area contributed by atoms with Crippen molar-refractivity contribution in [3.05, 3.63) is 53.1 Å². The van der Waals surface area contributed by atoms with Gasteiger partial charge in [-0.3, -0.25) is 9.59 Å². The third-order valence-electron chi connectivity index (χ3n) is 8.08. The molecule has 1 aromatic carbocycles. The highest BCUT2D eigenvalue weighted by molar-refractivity contribution is 5.93. The van der Waals surface area contributed by atoms with Crippen molar-refractivity contribution in [2.45, 2.75) is 76.7 Å². The molecule has 1 saturated heterocycles. The van der Waals surface area contributed by atoms with Crippen LogP contribution in [0.3, 0.4) is 0 Å². The third kappa shape index (κ3) is 4.62. The van der Waals surface area contributed by atoms with Crippen molar-refractivity contribution in [1.82, 2.24) is 19.5 Å². The van der Waals surface area contributed by atoms with Gasteiger partial charge in [0.05, 0.1) is 24.4 Å². The molecule has 3 fully saturated rings. The average molecular weight is 505 g/mol. The number of aromatic nitrogens is 3. The van der Waals surface area contributed by atoms with Crippen molar-refractivity contribution in [2.75, 3.05) is 13.2 Å². The van der Waals surface area contributed by atoms with Gasteiger partial charge in [0.25, 0.3) is 5.91 Å². The summed E-state index contributed by atoms with van der Waals surface area (Å²) in [6, 6.07) is 7.21. The molecule has 194 valence electrons. The van der Waals surface area contributed by atoms with Crippen LogP contribution in [0.1, 0.15) is 92.2 Å². The molecule has 3 aromatic rings. The largest absolute Gasteiger partial charge is 0.466 e. The minimum atomic E-state index is -0.377. The van der Waals surface area contributed by atoms with Gasteiger partial charge in [0.15, 0.2) is 5.65 Å². The molecule has 37 heavy (non-hydrogen) atoms. The van der Waals surface area contributed by atoms with Crippen molar-refractivity contribution >= 4 is 17.5 Å². The van der Waals surface area contributed by atoms with Crippen LogP contribution in [0.25, 0.3) is 16.9 Å². The molecule has 3 heterocycles. The van der Waals surface area contributed by atoms with Crippen LogP contribution in [0.5, 0.6) is 0 Å². The van der Waals surface area contributed by atoms with Gasteiger partial charge in [0.2, 0.25) is 0 Å².